The molecule has 0 aliphatic heterocycles. The van der Waals surface area contributed by atoms with Gasteiger partial charge >= 0.3 is 29.6 Å². The molecule has 0 N–H and O–H groups in total. The molecule has 0 aliphatic rings. The summed E-state index contributed by atoms with van der Waals surface area (Å²) < 4.78 is 5.79. The Labute approximate surface area is 82.1 Å². The number of rotatable bonds is 3. The van der Waals surface area contributed by atoms with Crippen molar-refractivity contribution in [3.63, 3.8) is 0 Å². The molecule has 1 atom stereocenters. The van der Waals surface area contributed by atoms with Crippen molar-refractivity contribution in [2.45, 2.75) is 0 Å². The minimum atomic E-state index is 0. The zero-order chi connectivity index (χ0) is 6.62. The molecule has 0 aromatic carbocycles. The van der Waals surface area contributed by atoms with Gasteiger partial charge in [-0.25, -0.2) is 0 Å². The molecule has 0 fully saturated rings. The van der Waals surface area contributed by atoms with Crippen molar-refractivity contribution in [2.75, 3.05) is 34.3 Å². The van der Waals surface area contributed by atoms with E-state index in [-0.39, 0.29) is 29.6 Å². The van der Waals surface area contributed by atoms with Gasteiger partial charge in [-0.3, -0.25) is 0 Å². The van der Waals surface area contributed by atoms with Crippen LogP contribution in [0.2, 0.25) is 0 Å². The number of likely N-dealkylation sites (N-methyl/N-ethyl adjacent to an activating group) is 1. The zero-order valence-corrected chi connectivity index (χ0v) is 7.00. The standard InChI is InChI=1S/C5H15NOP.Na.H/c1-6(2,3)4-5-7-8;;/h4-5,8H2,1-3H3;;/q+1;;. The molecule has 9 heavy (non-hydrogen) atoms. The van der Waals surface area contributed by atoms with Gasteiger partial charge in [0.05, 0.1) is 27.7 Å². The van der Waals surface area contributed by atoms with Crippen LogP contribution in [0.1, 0.15) is 0 Å². The van der Waals surface area contributed by atoms with Gasteiger partial charge in [-0.2, -0.15) is 0 Å². The van der Waals surface area contributed by atoms with Crippen LogP contribution in [-0.4, -0.2) is 68.3 Å². The van der Waals surface area contributed by atoms with E-state index in [4.69, 9.17) is 4.52 Å². The Hall–Kier alpha value is 1.35. The Bertz CT molecular complexity index is 64.5. The fourth-order valence-corrected chi connectivity index (χ4v) is 0.432. The van der Waals surface area contributed by atoms with Crippen LogP contribution >= 0.6 is 9.47 Å². The average molecular weight is 160 g/mol. The van der Waals surface area contributed by atoms with Crippen molar-refractivity contribution >= 4 is 39.0 Å². The number of hydrogen-bond donors (Lipinski definition) is 0. The summed E-state index contributed by atoms with van der Waals surface area (Å²) in [4.78, 5) is 0. The first-order valence-corrected chi connectivity index (χ1v) is 3.15. The topological polar surface area (TPSA) is 9.23 Å². The van der Waals surface area contributed by atoms with Gasteiger partial charge in [0.15, 0.2) is 0 Å². The molecule has 4 heteroatoms. The molecule has 52 valence electrons. The van der Waals surface area contributed by atoms with E-state index < -0.39 is 0 Å². The molecule has 0 radical (unpaired) electrons. The molecule has 0 saturated heterocycles. The first-order valence-electron chi connectivity index (χ1n) is 2.68. The van der Waals surface area contributed by atoms with Crippen LogP contribution in [0.3, 0.4) is 0 Å². The SMILES string of the molecule is C[N+](C)(C)CCOP.[NaH]. The first-order chi connectivity index (χ1) is 3.56. The second-order valence-electron chi connectivity index (χ2n) is 2.88. The molecule has 0 saturated carbocycles. The van der Waals surface area contributed by atoms with E-state index in [1.165, 1.54) is 0 Å². The van der Waals surface area contributed by atoms with Gasteiger partial charge in [-0.15, -0.1) is 0 Å². The van der Waals surface area contributed by atoms with Crippen LogP contribution in [0, 0.1) is 0 Å². The summed E-state index contributed by atoms with van der Waals surface area (Å²) in [5, 5.41) is 0. The van der Waals surface area contributed by atoms with Crippen molar-refractivity contribution in [2.24, 2.45) is 0 Å². The summed E-state index contributed by atoms with van der Waals surface area (Å²) in [7, 11) is 8.68. The summed E-state index contributed by atoms with van der Waals surface area (Å²) in [6.45, 7) is 1.87. The van der Waals surface area contributed by atoms with Crippen molar-refractivity contribution in [1.29, 1.82) is 0 Å². The third-order valence-electron chi connectivity index (χ3n) is 0.880. The van der Waals surface area contributed by atoms with Crippen molar-refractivity contribution in [1.82, 2.24) is 0 Å². The van der Waals surface area contributed by atoms with Crippen molar-refractivity contribution < 1.29 is 9.01 Å². The Kier molecular flexibility index (Phi) is 8.78. The molecule has 0 rings (SSSR count). The number of quaternary nitrogens is 1. The third kappa shape index (κ3) is 12.5. The van der Waals surface area contributed by atoms with Crippen molar-refractivity contribution in [3.05, 3.63) is 0 Å². The van der Waals surface area contributed by atoms with Gasteiger partial charge < -0.3 is 9.01 Å². The van der Waals surface area contributed by atoms with E-state index >= 15 is 0 Å². The molecular formula is C5H16NNaOP+. The molecular weight excluding hydrogens is 144 g/mol. The monoisotopic (exact) mass is 160 g/mol. The van der Waals surface area contributed by atoms with Gasteiger partial charge in [0, 0.05) is 9.47 Å². The van der Waals surface area contributed by atoms with E-state index in [2.05, 4.69) is 30.6 Å². The fourth-order valence-electron chi connectivity index (χ4n) is 0.327. The van der Waals surface area contributed by atoms with Crippen LogP contribution in [0.25, 0.3) is 0 Å². The van der Waals surface area contributed by atoms with Crippen LogP contribution in [0.5, 0.6) is 0 Å². The maximum absolute atomic E-state index is 4.82. The Balaban J connectivity index is 0. The predicted octanol–water partition coefficient (Wildman–Crippen LogP) is -0.149. The molecule has 0 aromatic heterocycles. The van der Waals surface area contributed by atoms with Gasteiger partial charge in [0.25, 0.3) is 0 Å². The van der Waals surface area contributed by atoms with Crippen LogP contribution in [-0.2, 0) is 4.52 Å². The van der Waals surface area contributed by atoms with Crippen molar-refractivity contribution in [3.8, 4) is 0 Å². The summed E-state index contributed by atoms with van der Waals surface area (Å²) in [6.07, 6.45) is 0. The number of nitrogens with zero attached hydrogens (tertiary/aromatic N) is 1. The summed E-state index contributed by atoms with van der Waals surface area (Å²) in [5.74, 6) is 0. The molecule has 1 unspecified atom stereocenters. The average Bonchev–Trinajstić information content (AvgIpc) is 1.59. The van der Waals surface area contributed by atoms with E-state index in [1.807, 2.05) is 0 Å². The molecule has 0 amide bonds. The quantitative estimate of drug-likeness (QED) is 0.317. The Morgan fingerprint density at radius 1 is 1.33 bits per heavy atom. The second kappa shape index (κ2) is 6.09. The van der Waals surface area contributed by atoms with E-state index in [9.17, 15) is 0 Å². The molecule has 2 nitrogen and oxygen atoms in total. The van der Waals surface area contributed by atoms with E-state index in [0.717, 1.165) is 17.6 Å². The minimum absolute atomic E-state index is 0. The molecule has 0 aromatic rings. The first kappa shape index (κ1) is 13.0. The van der Waals surface area contributed by atoms with Gasteiger partial charge in [0.2, 0.25) is 0 Å². The van der Waals surface area contributed by atoms with Gasteiger partial charge in [0.1, 0.15) is 6.54 Å². The third-order valence-corrected chi connectivity index (χ3v) is 1.12. The predicted molar refractivity (Wildman–Crippen MR) is 45.7 cm³/mol. The summed E-state index contributed by atoms with van der Waals surface area (Å²) in [6, 6.07) is 0. The van der Waals surface area contributed by atoms with E-state index in [1.54, 1.807) is 0 Å². The fraction of sp³-hybridized carbons (Fsp3) is 1.00. The van der Waals surface area contributed by atoms with Crippen LogP contribution in [0.4, 0.5) is 0 Å². The van der Waals surface area contributed by atoms with E-state index in [0.29, 0.717) is 0 Å². The van der Waals surface area contributed by atoms with Gasteiger partial charge in [-0.1, -0.05) is 0 Å². The summed E-state index contributed by atoms with van der Waals surface area (Å²) >= 11 is 0. The maximum atomic E-state index is 4.82. The number of hydrogen-bond acceptors (Lipinski definition) is 1. The second-order valence-corrected chi connectivity index (χ2v) is 3.22. The van der Waals surface area contributed by atoms with Gasteiger partial charge in [-0.05, 0) is 0 Å². The normalized spacial score (nSPS) is 10.7. The molecule has 0 aliphatic carbocycles. The van der Waals surface area contributed by atoms with Crippen LogP contribution in [0.15, 0.2) is 0 Å². The Morgan fingerprint density at radius 3 is 1.89 bits per heavy atom. The van der Waals surface area contributed by atoms with Crippen LogP contribution < -0.4 is 0 Å². The Morgan fingerprint density at radius 2 is 1.78 bits per heavy atom. The molecule has 0 bridgehead atoms. The molecule has 0 spiro atoms. The summed E-state index contributed by atoms with van der Waals surface area (Å²) in [5.41, 5.74) is 0. The zero-order valence-electron chi connectivity index (χ0n) is 5.85. The molecule has 0 heterocycles.